The molecule has 7 heteroatoms. The third kappa shape index (κ3) is 2.29. The molecule has 14 heavy (non-hydrogen) atoms. The zero-order valence-corrected chi connectivity index (χ0v) is 8.03. The molecule has 0 fully saturated rings. The fourth-order valence-electron chi connectivity index (χ4n) is 0.803. The summed E-state index contributed by atoms with van der Waals surface area (Å²) in [5.41, 5.74) is -0.483. The van der Waals surface area contributed by atoms with Gasteiger partial charge in [0.15, 0.2) is 11.0 Å². The highest BCUT2D eigenvalue weighted by molar-refractivity contribution is 6.32. The fourth-order valence-corrected chi connectivity index (χ4v) is 1.24. The van der Waals surface area contributed by atoms with Crippen molar-refractivity contribution in [3.8, 4) is 0 Å². The first-order chi connectivity index (χ1) is 6.43. The Bertz CT molecular complexity index is 348. The molecule has 1 rings (SSSR count). The quantitative estimate of drug-likeness (QED) is 0.814. The molecule has 0 aliphatic carbocycles. The molecule has 1 atom stereocenters. The number of alkyl halides is 2. The Kier molecular flexibility index (Phi) is 3.58. The second-order valence-corrected chi connectivity index (χ2v) is 3.14. The number of pyridine rings is 1. The Morgan fingerprint density at radius 3 is 2.36 bits per heavy atom. The van der Waals surface area contributed by atoms with Gasteiger partial charge >= 0.3 is 0 Å². The minimum Gasteiger partial charge on any atom is -0.382 e. The van der Waals surface area contributed by atoms with E-state index in [1.807, 2.05) is 0 Å². The van der Waals surface area contributed by atoms with E-state index in [0.717, 1.165) is 0 Å². The van der Waals surface area contributed by atoms with E-state index in [-0.39, 0.29) is 0 Å². The number of hydrogen-bond acceptors (Lipinski definition) is 2. The van der Waals surface area contributed by atoms with Crippen molar-refractivity contribution in [2.75, 3.05) is 0 Å². The Balaban J connectivity index is 3.15. The standard InChI is InChI=1S/C7H4Cl2F3NO/c8-5-2(4(14)7(11)12)1-3(10)6(9)13-5/h1,4,7,14H. The smallest absolute Gasteiger partial charge is 0.268 e. The Hall–Kier alpha value is -0.520. The van der Waals surface area contributed by atoms with Gasteiger partial charge in [0.1, 0.15) is 11.3 Å². The summed E-state index contributed by atoms with van der Waals surface area (Å²) in [6.45, 7) is 0. The zero-order valence-electron chi connectivity index (χ0n) is 6.52. The maximum Gasteiger partial charge on any atom is 0.268 e. The number of aromatic nitrogens is 1. The van der Waals surface area contributed by atoms with Crippen molar-refractivity contribution in [1.82, 2.24) is 4.98 Å². The summed E-state index contributed by atoms with van der Waals surface area (Å²) in [6, 6.07) is 0.633. The van der Waals surface area contributed by atoms with Crippen LogP contribution in [0, 0.1) is 5.82 Å². The van der Waals surface area contributed by atoms with Crippen LogP contribution >= 0.6 is 23.2 Å². The highest BCUT2D eigenvalue weighted by atomic mass is 35.5. The lowest BCUT2D eigenvalue weighted by atomic mass is 10.2. The maximum atomic E-state index is 12.8. The highest BCUT2D eigenvalue weighted by Crippen LogP contribution is 2.28. The van der Waals surface area contributed by atoms with Crippen molar-refractivity contribution in [2.24, 2.45) is 0 Å². The van der Waals surface area contributed by atoms with E-state index in [1.54, 1.807) is 0 Å². The molecule has 0 aliphatic heterocycles. The molecule has 0 radical (unpaired) electrons. The van der Waals surface area contributed by atoms with Crippen molar-refractivity contribution in [2.45, 2.75) is 12.5 Å². The number of hydrogen-bond donors (Lipinski definition) is 1. The molecule has 0 aromatic carbocycles. The molecular weight excluding hydrogens is 242 g/mol. The SMILES string of the molecule is OC(c1cc(F)c(Cl)nc1Cl)C(F)F. The summed E-state index contributed by atoms with van der Waals surface area (Å²) < 4.78 is 36.8. The van der Waals surface area contributed by atoms with Gasteiger partial charge in [-0.1, -0.05) is 23.2 Å². The van der Waals surface area contributed by atoms with E-state index in [0.29, 0.717) is 6.07 Å². The summed E-state index contributed by atoms with van der Waals surface area (Å²) in [7, 11) is 0. The van der Waals surface area contributed by atoms with Crippen LogP contribution in [0.1, 0.15) is 11.7 Å². The maximum absolute atomic E-state index is 12.8. The molecule has 0 spiro atoms. The van der Waals surface area contributed by atoms with E-state index in [9.17, 15) is 13.2 Å². The number of nitrogens with zero attached hydrogens (tertiary/aromatic N) is 1. The lowest BCUT2D eigenvalue weighted by molar-refractivity contribution is -0.00605. The molecule has 1 aromatic rings. The average Bonchev–Trinajstić information content (AvgIpc) is 2.10. The molecule has 2 nitrogen and oxygen atoms in total. The predicted octanol–water partition coefficient (Wildman–Crippen LogP) is 2.83. The van der Waals surface area contributed by atoms with Crippen molar-refractivity contribution >= 4 is 23.2 Å². The average molecular weight is 246 g/mol. The molecule has 78 valence electrons. The van der Waals surface area contributed by atoms with Gasteiger partial charge < -0.3 is 5.11 Å². The van der Waals surface area contributed by atoms with Gasteiger partial charge in [0, 0.05) is 5.56 Å². The van der Waals surface area contributed by atoms with Crippen LogP contribution in [-0.4, -0.2) is 16.5 Å². The van der Waals surface area contributed by atoms with E-state index < -0.39 is 34.2 Å². The van der Waals surface area contributed by atoms with Crippen LogP contribution in [0.5, 0.6) is 0 Å². The van der Waals surface area contributed by atoms with Crippen LogP contribution in [0.2, 0.25) is 10.3 Å². The van der Waals surface area contributed by atoms with Gasteiger partial charge in [-0.2, -0.15) is 0 Å². The normalized spacial score (nSPS) is 13.4. The van der Waals surface area contributed by atoms with E-state index in [1.165, 1.54) is 0 Å². The van der Waals surface area contributed by atoms with Crippen molar-refractivity contribution in [1.29, 1.82) is 0 Å². The lowest BCUT2D eigenvalue weighted by Gasteiger charge is -2.11. The van der Waals surface area contributed by atoms with Crippen LogP contribution < -0.4 is 0 Å². The predicted molar refractivity (Wildman–Crippen MR) is 45.2 cm³/mol. The molecule has 1 N–H and O–H groups in total. The number of halogens is 5. The van der Waals surface area contributed by atoms with Gasteiger partial charge in [-0.05, 0) is 6.07 Å². The molecule has 1 unspecified atom stereocenters. The second kappa shape index (κ2) is 4.33. The van der Waals surface area contributed by atoms with Crippen molar-refractivity contribution in [3.63, 3.8) is 0 Å². The minimum atomic E-state index is -3.06. The molecule has 0 saturated heterocycles. The summed E-state index contributed by atoms with van der Waals surface area (Å²) in [5.74, 6) is -1.01. The molecule has 0 aliphatic rings. The van der Waals surface area contributed by atoms with Gasteiger partial charge in [0.25, 0.3) is 6.43 Å². The van der Waals surface area contributed by atoms with Gasteiger partial charge in [0.2, 0.25) is 0 Å². The molecule has 0 saturated carbocycles. The monoisotopic (exact) mass is 245 g/mol. The summed E-state index contributed by atoms with van der Waals surface area (Å²) in [5, 5.41) is 7.94. The number of rotatable bonds is 2. The van der Waals surface area contributed by atoms with Gasteiger partial charge in [0.05, 0.1) is 0 Å². The third-order valence-electron chi connectivity index (χ3n) is 1.47. The number of aliphatic hydroxyl groups excluding tert-OH is 1. The van der Waals surface area contributed by atoms with E-state index >= 15 is 0 Å². The van der Waals surface area contributed by atoms with Crippen LogP contribution in [0.3, 0.4) is 0 Å². The zero-order chi connectivity index (χ0) is 10.9. The van der Waals surface area contributed by atoms with Gasteiger partial charge in [-0.25, -0.2) is 18.2 Å². The largest absolute Gasteiger partial charge is 0.382 e. The van der Waals surface area contributed by atoms with E-state index in [2.05, 4.69) is 4.98 Å². The van der Waals surface area contributed by atoms with Crippen LogP contribution in [0.25, 0.3) is 0 Å². The van der Waals surface area contributed by atoms with E-state index in [4.69, 9.17) is 28.3 Å². The summed E-state index contributed by atoms with van der Waals surface area (Å²) in [4.78, 5) is 3.24. The van der Waals surface area contributed by atoms with Gasteiger partial charge in [-0.3, -0.25) is 0 Å². The Labute approximate surface area is 87.3 Å². The fraction of sp³-hybridized carbons (Fsp3) is 0.286. The molecule has 1 aromatic heterocycles. The molecule has 1 heterocycles. The summed E-state index contributed by atoms with van der Waals surface area (Å²) in [6.07, 6.45) is -5.23. The first kappa shape index (κ1) is 11.6. The van der Waals surface area contributed by atoms with Crippen molar-refractivity contribution < 1.29 is 18.3 Å². The molecule has 0 bridgehead atoms. The van der Waals surface area contributed by atoms with Crippen LogP contribution in [0.4, 0.5) is 13.2 Å². The number of aliphatic hydroxyl groups is 1. The highest BCUT2D eigenvalue weighted by Gasteiger charge is 2.24. The van der Waals surface area contributed by atoms with Crippen LogP contribution in [0.15, 0.2) is 6.07 Å². The third-order valence-corrected chi connectivity index (χ3v) is 2.04. The van der Waals surface area contributed by atoms with Gasteiger partial charge in [-0.15, -0.1) is 0 Å². The lowest BCUT2D eigenvalue weighted by Crippen LogP contribution is -2.10. The topological polar surface area (TPSA) is 33.1 Å². The Morgan fingerprint density at radius 1 is 1.29 bits per heavy atom. The minimum absolute atomic E-state index is 0.441. The van der Waals surface area contributed by atoms with Crippen molar-refractivity contribution in [3.05, 3.63) is 27.8 Å². The second-order valence-electron chi connectivity index (χ2n) is 2.42. The summed E-state index contributed by atoms with van der Waals surface area (Å²) >= 11 is 10.6. The Morgan fingerprint density at radius 2 is 1.86 bits per heavy atom. The first-order valence-electron chi connectivity index (χ1n) is 3.41. The molecule has 0 amide bonds. The van der Waals surface area contributed by atoms with Crippen LogP contribution in [-0.2, 0) is 0 Å². The molecular formula is C7H4Cl2F3NO. The first-order valence-corrected chi connectivity index (χ1v) is 4.16.